The lowest BCUT2D eigenvalue weighted by molar-refractivity contribution is -0.131. The molecule has 1 saturated heterocycles. The fourth-order valence-corrected chi connectivity index (χ4v) is 3.82. The molecule has 0 aliphatic carbocycles. The summed E-state index contributed by atoms with van der Waals surface area (Å²) >= 11 is 0. The quantitative estimate of drug-likeness (QED) is 0.603. The third kappa shape index (κ3) is 5.47. The maximum Gasteiger partial charge on any atom is 0.223 e. The van der Waals surface area contributed by atoms with Gasteiger partial charge in [-0.2, -0.15) is 0 Å². The van der Waals surface area contributed by atoms with Crippen LogP contribution < -0.4 is 4.90 Å². The van der Waals surface area contributed by atoms with Crippen LogP contribution in [0, 0.1) is 0 Å². The van der Waals surface area contributed by atoms with Crippen molar-refractivity contribution in [3.05, 3.63) is 78.0 Å². The first-order valence-corrected chi connectivity index (χ1v) is 10.7. The highest BCUT2D eigenvalue weighted by Crippen LogP contribution is 2.16. The van der Waals surface area contributed by atoms with Gasteiger partial charge in [0, 0.05) is 51.1 Å². The van der Waals surface area contributed by atoms with Crippen LogP contribution in [-0.2, 0) is 24.1 Å². The standard InChI is InChI=1S/C24H28N4O2/c29-24(28-17-7-16-27(18-19-28)21-10-5-2-6-11-21)15-14-23-26-25-22(30-23)13-12-20-8-3-1-4-9-20/h1-6,8-11H,7,12-19H2. The predicted molar refractivity (Wildman–Crippen MR) is 116 cm³/mol. The molecule has 1 aliphatic rings. The average molecular weight is 405 g/mol. The molecule has 3 aromatic rings. The number of amides is 1. The molecule has 156 valence electrons. The Hall–Kier alpha value is -3.15. The monoisotopic (exact) mass is 404 g/mol. The summed E-state index contributed by atoms with van der Waals surface area (Å²) in [6.45, 7) is 3.39. The van der Waals surface area contributed by atoms with Crippen LogP contribution in [0.1, 0.15) is 30.2 Å². The molecule has 6 nitrogen and oxygen atoms in total. The van der Waals surface area contributed by atoms with Crippen LogP contribution in [0.15, 0.2) is 65.1 Å². The van der Waals surface area contributed by atoms with Crippen LogP contribution in [0.5, 0.6) is 0 Å². The predicted octanol–water partition coefficient (Wildman–Crippen LogP) is 3.53. The van der Waals surface area contributed by atoms with E-state index in [0.29, 0.717) is 31.0 Å². The molecular weight excluding hydrogens is 376 g/mol. The van der Waals surface area contributed by atoms with E-state index >= 15 is 0 Å². The molecule has 1 amide bonds. The van der Waals surface area contributed by atoms with E-state index in [1.807, 2.05) is 29.2 Å². The van der Waals surface area contributed by atoms with Crippen molar-refractivity contribution in [1.29, 1.82) is 0 Å². The van der Waals surface area contributed by atoms with Crippen LogP contribution in [-0.4, -0.2) is 47.2 Å². The number of hydrogen-bond acceptors (Lipinski definition) is 5. The van der Waals surface area contributed by atoms with E-state index < -0.39 is 0 Å². The van der Waals surface area contributed by atoms with Gasteiger partial charge in [0.25, 0.3) is 0 Å². The topological polar surface area (TPSA) is 62.5 Å². The zero-order chi connectivity index (χ0) is 20.6. The van der Waals surface area contributed by atoms with Crippen molar-refractivity contribution in [3.8, 4) is 0 Å². The van der Waals surface area contributed by atoms with Gasteiger partial charge < -0.3 is 14.2 Å². The van der Waals surface area contributed by atoms with Crippen LogP contribution in [0.3, 0.4) is 0 Å². The van der Waals surface area contributed by atoms with E-state index in [0.717, 1.165) is 39.0 Å². The molecule has 0 saturated carbocycles. The molecule has 0 atom stereocenters. The molecule has 0 unspecified atom stereocenters. The number of benzene rings is 2. The minimum absolute atomic E-state index is 0.161. The second-order valence-electron chi connectivity index (χ2n) is 7.63. The first-order valence-electron chi connectivity index (χ1n) is 10.7. The highest BCUT2D eigenvalue weighted by Gasteiger charge is 2.20. The Labute approximate surface area is 177 Å². The van der Waals surface area contributed by atoms with Crippen LogP contribution in [0.2, 0.25) is 0 Å². The summed E-state index contributed by atoms with van der Waals surface area (Å²) in [5.74, 6) is 1.34. The first kappa shape index (κ1) is 20.1. The van der Waals surface area contributed by atoms with Crippen molar-refractivity contribution >= 4 is 11.6 Å². The Morgan fingerprint density at radius 3 is 2.27 bits per heavy atom. The minimum Gasteiger partial charge on any atom is -0.425 e. The summed E-state index contributed by atoms with van der Waals surface area (Å²) in [6, 6.07) is 20.7. The molecule has 6 heteroatoms. The molecule has 0 bridgehead atoms. The van der Waals surface area contributed by atoms with E-state index in [1.165, 1.54) is 11.3 Å². The fraction of sp³-hybridized carbons (Fsp3) is 0.375. The minimum atomic E-state index is 0.161. The number of anilines is 1. The molecule has 30 heavy (non-hydrogen) atoms. The lowest BCUT2D eigenvalue weighted by atomic mass is 10.1. The van der Waals surface area contributed by atoms with E-state index in [1.54, 1.807) is 0 Å². The van der Waals surface area contributed by atoms with Gasteiger partial charge in [0.1, 0.15) is 0 Å². The van der Waals surface area contributed by atoms with Crippen LogP contribution in [0.25, 0.3) is 0 Å². The van der Waals surface area contributed by atoms with Gasteiger partial charge in [0.2, 0.25) is 17.7 Å². The van der Waals surface area contributed by atoms with Gasteiger partial charge in [-0.3, -0.25) is 4.79 Å². The molecule has 0 radical (unpaired) electrons. The normalized spacial score (nSPS) is 14.5. The molecular formula is C24H28N4O2. The van der Waals surface area contributed by atoms with Crippen molar-refractivity contribution in [2.24, 2.45) is 0 Å². The van der Waals surface area contributed by atoms with Gasteiger partial charge in [0.05, 0.1) is 0 Å². The van der Waals surface area contributed by atoms with Gasteiger partial charge in [-0.25, -0.2) is 0 Å². The largest absolute Gasteiger partial charge is 0.425 e. The van der Waals surface area contributed by atoms with Crippen molar-refractivity contribution < 1.29 is 9.21 Å². The molecule has 0 spiro atoms. The van der Waals surface area contributed by atoms with Crippen molar-refractivity contribution in [1.82, 2.24) is 15.1 Å². The summed E-state index contributed by atoms with van der Waals surface area (Å²) in [7, 11) is 0. The van der Waals surface area contributed by atoms with Gasteiger partial charge in [-0.1, -0.05) is 48.5 Å². The lowest BCUT2D eigenvalue weighted by Gasteiger charge is -2.23. The summed E-state index contributed by atoms with van der Waals surface area (Å²) in [6.07, 6.45) is 3.46. The maximum absolute atomic E-state index is 12.7. The Bertz CT molecular complexity index is 927. The Balaban J connectivity index is 1.23. The molecule has 1 aromatic heterocycles. The second kappa shape index (κ2) is 10.1. The zero-order valence-corrected chi connectivity index (χ0v) is 17.2. The number of carbonyl (C=O) groups is 1. The van der Waals surface area contributed by atoms with Crippen LogP contribution in [0.4, 0.5) is 5.69 Å². The summed E-state index contributed by atoms with van der Waals surface area (Å²) in [4.78, 5) is 17.0. The van der Waals surface area contributed by atoms with E-state index in [2.05, 4.69) is 51.5 Å². The van der Waals surface area contributed by atoms with Gasteiger partial charge in [0.15, 0.2) is 0 Å². The maximum atomic E-state index is 12.7. The molecule has 1 aliphatic heterocycles. The lowest BCUT2D eigenvalue weighted by Crippen LogP contribution is -2.35. The van der Waals surface area contributed by atoms with Gasteiger partial charge >= 0.3 is 0 Å². The third-order valence-corrected chi connectivity index (χ3v) is 5.50. The second-order valence-corrected chi connectivity index (χ2v) is 7.63. The fourth-order valence-electron chi connectivity index (χ4n) is 3.82. The number of para-hydroxylation sites is 1. The SMILES string of the molecule is O=C(CCc1nnc(CCc2ccccc2)o1)N1CCCN(c2ccccc2)CC1. The molecule has 1 fully saturated rings. The van der Waals surface area contributed by atoms with Crippen molar-refractivity contribution in [2.75, 3.05) is 31.1 Å². The van der Waals surface area contributed by atoms with E-state index in [4.69, 9.17) is 4.42 Å². The first-order chi connectivity index (χ1) is 14.8. The highest BCUT2D eigenvalue weighted by molar-refractivity contribution is 5.76. The molecule has 2 aromatic carbocycles. The number of nitrogens with zero attached hydrogens (tertiary/aromatic N) is 4. The highest BCUT2D eigenvalue weighted by atomic mass is 16.4. The van der Waals surface area contributed by atoms with Crippen molar-refractivity contribution in [3.63, 3.8) is 0 Å². The molecule has 4 rings (SSSR count). The number of carbonyl (C=O) groups excluding carboxylic acids is 1. The van der Waals surface area contributed by atoms with Gasteiger partial charge in [-0.15, -0.1) is 10.2 Å². The average Bonchev–Trinajstić information content (AvgIpc) is 3.11. The Morgan fingerprint density at radius 2 is 1.50 bits per heavy atom. The van der Waals surface area contributed by atoms with E-state index in [9.17, 15) is 4.79 Å². The summed E-state index contributed by atoms with van der Waals surface area (Å²) in [5, 5.41) is 8.25. The number of aryl methyl sites for hydroxylation is 3. The Kier molecular flexibility index (Phi) is 6.75. The smallest absolute Gasteiger partial charge is 0.223 e. The number of aromatic nitrogens is 2. The van der Waals surface area contributed by atoms with Gasteiger partial charge in [-0.05, 0) is 30.5 Å². The summed E-state index contributed by atoms with van der Waals surface area (Å²) in [5.41, 5.74) is 2.47. The molecule has 0 N–H and O–H groups in total. The van der Waals surface area contributed by atoms with Crippen LogP contribution >= 0.6 is 0 Å². The van der Waals surface area contributed by atoms with Crippen molar-refractivity contribution in [2.45, 2.75) is 32.1 Å². The third-order valence-electron chi connectivity index (χ3n) is 5.50. The molecule has 2 heterocycles. The summed E-state index contributed by atoms with van der Waals surface area (Å²) < 4.78 is 5.74. The number of hydrogen-bond donors (Lipinski definition) is 0. The van der Waals surface area contributed by atoms with E-state index in [-0.39, 0.29) is 5.91 Å². The number of rotatable bonds is 7. The Morgan fingerprint density at radius 1 is 0.800 bits per heavy atom. The zero-order valence-electron chi connectivity index (χ0n) is 17.2.